The van der Waals surface area contributed by atoms with Crippen LogP contribution in [0.1, 0.15) is 18.2 Å². The summed E-state index contributed by atoms with van der Waals surface area (Å²) in [5, 5.41) is 8.45. The second-order valence-electron chi connectivity index (χ2n) is 2.32. The zero-order valence-corrected chi connectivity index (χ0v) is 7.75. The fraction of sp³-hybridized carbons (Fsp3) is 0.0909. The summed E-state index contributed by atoms with van der Waals surface area (Å²) in [5.41, 5.74) is 2.33. The Kier molecular flexibility index (Phi) is 4.90. The SMILES string of the molecule is C=C.C=C(C)c1ccc(C#N)cn1. The molecule has 1 aromatic rings. The van der Waals surface area contributed by atoms with Gasteiger partial charge in [-0.25, -0.2) is 0 Å². The maximum absolute atomic E-state index is 8.45. The molecule has 0 amide bonds. The van der Waals surface area contributed by atoms with E-state index in [-0.39, 0.29) is 0 Å². The van der Waals surface area contributed by atoms with Gasteiger partial charge in [-0.05, 0) is 24.6 Å². The lowest BCUT2D eigenvalue weighted by Gasteiger charge is -1.95. The van der Waals surface area contributed by atoms with Gasteiger partial charge >= 0.3 is 0 Å². The Hall–Kier alpha value is -1.88. The summed E-state index contributed by atoms with van der Waals surface area (Å²) in [6.45, 7) is 11.6. The number of pyridine rings is 1. The molecule has 1 aromatic heterocycles. The Bertz CT molecular complexity index is 317. The second-order valence-corrected chi connectivity index (χ2v) is 2.32. The van der Waals surface area contributed by atoms with Crippen molar-refractivity contribution in [3.8, 4) is 6.07 Å². The first-order valence-corrected chi connectivity index (χ1v) is 3.76. The van der Waals surface area contributed by atoms with Crippen molar-refractivity contribution in [1.82, 2.24) is 4.98 Å². The van der Waals surface area contributed by atoms with Crippen LogP contribution in [0.25, 0.3) is 5.57 Å². The zero-order valence-electron chi connectivity index (χ0n) is 7.75. The molecule has 1 heterocycles. The Balaban J connectivity index is 0.000000671. The van der Waals surface area contributed by atoms with Crippen molar-refractivity contribution in [2.75, 3.05) is 0 Å². The van der Waals surface area contributed by atoms with E-state index in [0.29, 0.717) is 5.56 Å². The number of hydrogen-bond donors (Lipinski definition) is 0. The van der Waals surface area contributed by atoms with E-state index in [1.165, 1.54) is 0 Å². The van der Waals surface area contributed by atoms with Gasteiger partial charge in [0.25, 0.3) is 0 Å². The molecule has 13 heavy (non-hydrogen) atoms. The summed E-state index contributed by atoms with van der Waals surface area (Å²) in [4.78, 5) is 4.03. The van der Waals surface area contributed by atoms with E-state index in [1.807, 2.05) is 13.0 Å². The van der Waals surface area contributed by atoms with E-state index in [0.717, 1.165) is 11.3 Å². The smallest absolute Gasteiger partial charge is 0.101 e. The highest BCUT2D eigenvalue weighted by atomic mass is 14.7. The topological polar surface area (TPSA) is 36.7 Å². The van der Waals surface area contributed by atoms with Crippen LogP contribution in [0.2, 0.25) is 0 Å². The molecule has 0 N–H and O–H groups in total. The number of nitrogens with zero attached hydrogens (tertiary/aromatic N) is 2. The first-order chi connectivity index (χ1) is 6.24. The van der Waals surface area contributed by atoms with E-state index in [1.54, 1.807) is 18.3 Å². The highest BCUT2D eigenvalue weighted by Gasteiger charge is 1.93. The predicted octanol–water partition coefficient (Wildman–Crippen LogP) is 2.79. The molecule has 1 rings (SSSR count). The summed E-state index contributed by atoms with van der Waals surface area (Å²) >= 11 is 0. The molecule has 0 unspecified atom stereocenters. The third kappa shape index (κ3) is 3.35. The standard InChI is InChI=1S/C9H8N2.C2H4/c1-7(2)9-4-3-8(5-10)6-11-9;1-2/h3-4,6H,1H2,2H3;1-2H2. The quantitative estimate of drug-likeness (QED) is 0.611. The largest absolute Gasteiger partial charge is 0.255 e. The van der Waals surface area contributed by atoms with Gasteiger partial charge < -0.3 is 0 Å². The average Bonchev–Trinajstić information content (AvgIpc) is 2.21. The predicted molar refractivity (Wildman–Crippen MR) is 54.9 cm³/mol. The first-order valence-electron chi connectivity index (χ1n) is 3.76. The molecule has 0 aliphatic heterocycles. The number of aromatic nitrogens is 1. The van der Waals surface area contributed by atoms with Gasteiger partial charge in [-0.15, -0.1) is 13.2 Å². The molecule has 0 fully saturated rings. The van der Waals surface area contributed by atoms with Crippen LogP contribution in [0.15, 0.2) is 38.1 Å². The number of hydrogen-bond acceptors (Lipinski definition) is 2. The third-order valence-corrected chi connectivity index (χ3v) is 1.33. The Morgan fingerprint density at radius 3 is 2.38 bits per heavy atom. The van der Waals surface area contributed by atoms with E-state index < -0.39 is 0 Å². The van der Waals surface area contributed by atoms with E-state index >= 15 is 0 Å². The highest BCUT2D eigenvalue weighted by molar-refractivity contribution is 5.57. The molecule has 0 aliphatic carbocycles. The minimum absolute atomic E-state index is 0.579. The molecular formula is C11H12N2. The monoisotopic (exact) mass is 172 g/mol. The molecule has 2 nitrogen and oxygen atoms in total. The minimum Gasteiger partial charge on any atom is -0.255 e. The summed E-state index contributed by atoms with van der Waals surface area (Å²) in [5.74, 6) is 0. The lowest BCUT2D eigenvalue weighted by atomic mass is 10.2. The second kappa shape index (κ2) is 5.73. The molecule has 0 spiro atoms. The van der Waals surface area contributed by atoms with Crippen LogP contribution in [-0.4, -0.2) is 4.98 Å². The summed E-state index contributed by atoms with van der Waals surface area (Å²) < 4.78 is 0. The van der Waals surface area contributed by atoms with Crippen molar-refractivity contribution in [1.29, 1.82) is 5.26 Å². The summed E-state index contributed by atoms with van der Waals surface area (Å²) in [6.07, 6.45) is 1.55. The van der Waals surface area contributed by atoms with Crippen molar-refractivity contribution >= 4 is 5.57 Å². The number of nitriles is 1. The minimum atomic E-state index is 0.579. The van der Waals surface area contributed by atoms with Crippen molar-refractivity contribution < 1.29 is 0 Å². The van der Waals surface area contributed by atoms with Crippen LogP contribution in [-0.2, 0) is 0 Å². The maximum atomic E-state index is 8.45. The molecule has 0 bridgehead atoms. The van der Waals surface area contributed by atoms with Gasteiger partial charge in [-0.3, -0.25) is 4.98 Å². The van der Waals surface area contributed by atoms with E-state index in [4.69, 9.17) is 5.26 Å². The van der Waals surface area contributed by atoms with Gasteiger partial charge in [0, 0.05) is 6.20 Å². The van der Waals surface area contributed by atoms with Crippen LogP contribution < -0.4 is 0 Å². The van der Waals surface area contributed by atoms with Crippen molar-refractivity contribution in [3.05, 3.63) is 49.3 Å². The van der Waals surface area contributed by atoms with Crippen LogP contribution >= 0.6 is 0 Å². The molecule has 0 saturated heterocycles. The lowest BCUT2D eigenvalue weighted by Crippen LogP contribution is -1.84. The molecule has 0 saturated carbocycles. The normalized spacial score (nSPS) is 7.69. The fourth-order valence-corrected chi connectivity index (χ4v) is 0.712. The van der Waals surface area contributed by atoms with Gasteiger partial charge in [0.05, 0.1) is 11.3 Å². The molecule has 0 atom stereocenters. The van der Waals surface area contributed by atoms with Gasteiger partial charge in [0.15, 0.2) is 0 Å². The van der Waals surface area contributed by atoms with Crippen molar-refractivity contribution in [2.24, 2.45) is 0 Å². The van der Waals surface area contributed by atoms with Crippen LogP contribution in [0, 0.1) is 11.3 Å². The van der Waals surface area contributed by atoms with Crippen LogP contribution in [0.3, 0.4) is 0 Å². The van der Waals surface area contributed by atoms with Gasteiger partial charge in [0.2, 0.25) is 0 Å². The van der Waals surface area contributed by atoms with E-state index in [2.05, 4.69) is 24.7 Å². The van der Waals surface area contributed by atoms with E-state index in [9.17, 15) is 0 Å². The van der Waals surface area contributed by atoms with Crippen LogP contribution in [0.5, 0.6) is 0 Å². The Morgan fingerprint density at radius 2 is 2.08 bits per heavy atom. The first kappa shape index (κ1) is 11.1. The van der Waals surface area contributed by atoms with Crippen molar-refractivity contribution in [2.45, 2.75) is 6.92 Å². The lowest BCUT2D eigenvalue weighted by molar-refractivity contribution is 1.25. The maximum Gasteiger partial charge on any atom is 0.101 e. The number of rotatable bonds is 1. The summed E-state index contributed by atoms with van der Waals surface area (Å²) in [6, 6.07) is 5.53. The highest BCUT2D eigenvalue weighted by Crippen LogP contribution is 2.07. The number of allylic oxidation sites excluding steroid dienone is 1. The Morgan fingerprint density at radius 1 is 1.46 bits per heavy atom. The fourth-order valence-electron chi connectivity index (χ4n) is 0.712. The molecule has 66 valence electrons. The van der Waals surface area contributed by atoms with Gasteiger partial charge in [0.1, 0.15) is 6.07 Å². The van der Waals surface area contributed by atoms with Gasteiger partial charge in [-0.2, -0.15) is 5.26 Å². The summed E-state index contributed by atoms with van der Waals surface area (Å²) in [7, 11) is 0. The zero-order chi connectivity index (χ0) is 10.3. The average molecular weight is 172 g/mol. The van der Waals surface area contributed by atoms with Crippen LogP contribution in [0.4, 0.5) is 0 Å². The molecule has 2 heteroatoms. The third-order valence-electron chi connectivity index (χ3n) is 1.33. The molecule has 0 aliphatic rings. The van der Waals surface area contributed by atoms with Crippen molar-refractivity contribution in [3.63, 3.8) is 0 Å². The molecule has 0 radical (unpaired) electrons. The molecule has 0 aromatic carbocycles. The molecular weight excluding hydrogens is 160 g/mol. The Labute approximate surface area is 78.9 Å². The van der Waals surface area contributed by atoms with Gasteiger partial charge in [-0.1, -0.05) is 6.58 Å².